The summed E-state index contributed by atoms with van der Waals surface area (Å²) in [5.41, 5.74) is 0.462. The zero-order valence-electron chi connectivity index (χ0n) is 29.2. The molecular weight excluding hydrogens is 586 g/mol. The second kappa shape index (κ2) is 12.5. The van der Waals surface area contributed by atoms with Crippen LogP contribution in [0, 0.1) is 22.7 Å². The van der Waals surface area contributed by atoms with Crippen molar-refractivity contribution in [2.75, 3.05) is 60.3 Å². The fourth-order valence-corrected chi connectivity index (χ4v) is 10.0. The number of nitrogens with zero attached hydrogens (tertiary/aromatic N) is 1. The number of fused-ring (bicyclic) bond motifs is 3. The van der Waals surface area contributed by atoms with E-state index in [1.807, 2.05) is 27.0 Å². The monoisotopic (exact) mass is 643 g/mol. The number of piperidine rings is 1. The fraction of sp³-hybridized carbons (Fsp3) is 0.811. The van der Waals surface area contributed by atoms with Gasteiger partial charge in [-0.1, -0.05) is 26.8 Å². The normalized spacial score (nSPS) is 33.1. The molecule has 258 valence electrons. The molecule has 5 fully saturated rings. The van der Waals surface area contributed by atoms with Gasteiger partial charge in [0.2, 0.25) is 0 Å². The summed E-state index contributed by atoms with van der Waals surface area (Å²) in [4.78, 5) is 15.7. The molecule has 9 heteroatoms. The van der Waals surface area contributed by atoms with E-state index in [1.165, 1.54) is 24.0 Å². The van der Waals surface area contributed by atoms with Gasteiger partial charge in [-0.25, -0.2) is 4.79 Å². The molecule has 4 bridgehead atoms. The van der Waals surface area contributed by atoms with E-state index >= 15 is 0 Å². The molecule has 46 heavy (non-hydrogen) atoms. The Labute approximate surface area is 275 Å². The van der Waals surface area contributed by atoms with Crippen molar-refractivity contribution in [1.82, 2.24) is 4.90 Å². The Morgan fingerprint density at radius 3 is 2.43 bits per heavy atom. The van der Waals surface area contributed by atoms with Crippen LogP contribution in [0.5, 0.6) is 11.5 Å². The lowest BCUT2D eigenvalue weighted by molar-refractivity contribution is -0.282. The summed E-state index contributed by atoms with van der Waals surface area (Å²) in [6, 6.07) is 4.39. The quantitative estimate of drug-likeness (QED) is 0.160. The van der Waals surface area contributed by atoms with Crippen molar-refractivity contribution >= 4 is 6.16 Å². The van der Waals surface area contributed by atoms with Crippen LogP contribution in [0.15, 0.2) is 12.1 Å². The molecule has 1 aromatic carbocycles. The van der Waals surface area contributed by atoms with Gasteiger partial charge < -0.3 is 33.5 Å². The zero-order chi connectivity index (χ0) is 33.0. The van der Waals surface area contributed by atoms with Gasteiger partial charge in [-0.2, -0.15) is 0 Å². The largest absolute Gasteiger partial charge is 0.514 e. The minimum atomic E-state index is -0.917. The summed E-state index contributed by atoms with van der Waals surface area (Å²) in [5.74, 6) is 1.82. The van der Waals surface area contributed by atoms with Crippen molar-refractivity contribution in [3.63, 3.8) is 0 Å². The number of hydrogen-bond acceptors (Lipinski definition) is 9. The van der Waals surface area contributed by atoms with Gasteiger partial charge >= 0.3 is 6.16 Å². The Kier molecular flexibility index (Phi) is 9.24. The van der Waals surface area contributed by atoms with Crippen molar-refractivity contribution < 1.29 is 38.3 Å². The highest BCUT2D eigenvalue weighted by molar-refractivity contribution is 5.68. The molecule has 0 radical (unpaired) electrons. The van der Waals surface area contributed by atoms with E-state index in [2.05, 4.69) is 31.7 Å². The van der Waals surface area contributed by atoms with Crippen LogP contribution in [-0.4, -0.2) is 93.7 Å². The summed E-state index contributed by atoms with van der Waals surface area (Å²) in [5, 5.41) is 12.3. The second-order valence-electron chi connectivity index (χ2n) is 15.9. The molecule has 1 aliphatic heterocycles. The number of likely N-dealkylation sites (tertiary alicyclic amines) is 1. The third-order valence-electron chi connectivity index (χ3n) is 13.0. The van der Waals surface area contributed by atoms with E-state index in [0.717, 1.165) is 57.5 Å². The van der Waals surface area contributed by atoms with Crippen molar-refractivity contribution in [2.24, 2.45) is 22.7 Å². The van der Waals surface area contributed by atoms with Crippen molar-refractivity contribution in [3.05, 3.63) is 23.3 Å². The third-order valence-corrected chi connectivity index (χ3v) is 13.0. The molecule has 0 aromatic heterocycles. The van der Waals surface area contributed by atoms with Gasteiger partial charge in [0.25, 0.3) is 0 Å². The molecule has 9 nitrogen and oxygen atoms in total. The summed E-state index contributed by atoms with van der Waals surface area (Å²) in [6.07, 6.45) is 7.49. The topological polar surface area (TPSA) is 95.9 Å². The van der Waals surface area contributed by atoms with Crippen LogP contribution in [-0.2, 0) is 30.8 Å². The molecule has 6 aliphatic rings. The van der Waals surface area contributed by atoms with Gasteiger partial charge in [0.15, 0.2) is 11.5 Å². The van der Waals surface area contributed by atoms with Gasteiger partial charge in [-0.05, 0) is 100 Å². The fourth-order valence-electron chi connectivity index (χ4n) is 10.0. The predicted octanol–water partition coefficient (Wildman–Crippen LogP) is 5.91. The Hall–Kier alpha value is -1.91. The van der Waals surface area contributed by atoms with Crippen LogP contribution in [0.1, 0.15) is 90.7 Å². The second-order valence-corrected chi connectivity index (χ2v) is 15.9. The average molecular weight is 644 g/mol. The number of methoxy groups -OCH3 is 2. The van der Waals surface area contributed by atoms with Gasteiger partial charge in [-0.3, -0.25) is 4.90 Å². The van der Waals surface area contributed by atoms with Crippen LogP contribution in [0.4, 0.5) is 4.79 Å². The molecule has 4 saturated carbocycles. The smallest absolute Gasteiger partial charge is 0.493 e. The first-order valence-electron chi connectivity index (χ1n) is 17.6. The molecular formula is C37H57NO8. The molecule has 1 aromatic rings. The van der Waals surface area contributed by atoms with E-state index in [1.54, 1.807) is 7.11 Å². The lowest BCUT2D eigenvalue weighted by Gasteiger charge is -2.75. The third kappa shape index (κ3) is 5.46. The lowest BCUT2D eigenvalue weighted by Crippen LogP contribution is -2.78. The van der Waals surface area contributed by atoms with Crippen LogP contribution in [0.25, 0.3) is 0 Å². The molecule has 5 aliphatic carbocycles. The summed E-state index contributed by atoms with van der Waals surface area (Å²) in [6.45, 7) is 14.6. The number of benzene rings is 1. The van der Waals surface area contributed by atoms with Crippen LogP contribution in [0.2, 0.25) is 0 Å². The number of aliphatic hydroxyl groups is 1. The molecule has 6 atom stereocenters. The van der Waals surface area contributed by atoms with Crippen molar-refractivity contribution in [3.8, 4) is 11.5 Å². The standard InChI is InChI=1S/C37H57NO8/c1-8-43-17-18-44-19-20-45-32(39)46-27-12-11-26-21-29-35-13-14-37(42-7,28(22-35)34(5,40)33(2,3)4)24-36(35,30(26)31(27)41-6)15-16-38(29)23-25-9-10-25/h11-12,25,28-29,40H,8-10,13-24H2,1-7H3. The zero-order valence-corrected chi connectivity index (χ0v) is 29.2. The number of carbonyl (C=O) groups excluding carboxylic acids is 1. The number of hydrogen-bond donors (Lipinski definition) is 1. The maximum absolute atomic E-state index is 12.9. The van der Waals surface area contributed by atoms with Crippen molar-refractivity contribution in [1.29, 1.82) is 0 Å². The highest BCUT2D eigenvalue weighted by Crippen LogP contribution is 2.75. The predicted molar refractivity (Wildman–Crippen MR) is 175 cm³/mol. The molecule has 7 rings (SSSR count). The molecule has 1 heterocycles. The molecule has 1 saturated heterocycles. The van der Waals surface area contributed by atoms with E-state index < -0.39 is 17.4 Å². The molecule has 0 amide bonds. The number of carbonyl (C=O) groups is 1. The van der Waals surface area contributed by atoms with Gasteiger partial charge in [0, 0.05) is 43.2 Å². The molecule has 1 N–H and O–H groups in total. The Morgan fingerprint density at radius 2 is 1.76 bits per heavy atom. The van der Waals surface area contributed by atoms with Crippen LogP contribution < -0.4 is 9.47 Å². The summed E-state index contributed by atoms with van der Waals surface area (Å²) >= 11 is 0. The molecule has 6 unspecified atom stereocenters. The van der Waals surface area contributed by atoms with E-state index in [-0.39, 0.29) is 35.4 Å². The Bertz CT molecular complexity index is 1270. The Morgan fingerprint density at radius 1 is 1.02 bits per heavy atom. The first kappa shape index (κ1) is 34.0. The van der Waals surface area contributed by atoms with Gasteiger partial charge in [0.1, 0.15) is 6.61 Å². The minimum Gasteiger partial charge on any atom is -0.493 e. The first-order valence-corrected chi connectivity index (χ1v) is 17.6. The maximum Gasteiger partial charge on any atom is 0.514 e. The maximum atomic E-state index is 12.9. The van der Waals surface area contributed by atoms with Crippen LogP contribution >= 0.6 is 0 Å². The van der Waals surface area contributed by atoms with E-state index in [9.17, 15) is 9.90 Å². The first-order chi connectivity index (χ1) is 21.9. The van der Waals surface area contributed by atoms with Crippen molar-refractivity contribution in [2.45, 2.75) is 109 Å². The van der Waals surface area contributed by atoms with E-state index in [4.69, 9.17) is 28.4 Å². The summed E-state index contributed by atoms with van der Waals surface area (Å²) in [7, 11) is 3.52. The summed E-state index contributed by atoms with van der Waals surface area (Å²) < 4.78 is 34.8. The highest BCUT2D eigenvalue weighted by Gasteiger charge is 2.75. The Balaban J connectivity index is 1.35. The molecule has 1 spiro atoms. The van der Waals surface area contributed by atoms with Crippen LogP contribution in [0.3, 0.4) is 0 Å². The number of ether oxygens (including phenoxy) is 6. The minimum absolute atomic E-state index is 0.00652. The van der Waals surface area contributed by atoms with Gasteiger partial charge in [-0.15, -0.1) is 0 Å². The highest BCUT2D eigenvalue weighted by atomic mass is 16.7. The van der Waals surface area contributed by atoms with E-state index in [0.29, 0.717) is 37.4 Å². The SMILES string of the molecule is CCOCCOCCOC(=O)Oc1ccc2c(c1OC)C13CCN(CC4CC4)C(C2)C12CCC(OC)(C3)C(C(C)(O)C(C)(C)C)C2. The lowest BCUT2D eigenvalue weighted by atomic mass is 9.33. The number of rotatable bonds is 13. The average Bonchev–Trinajstić information content (AvgIpc) is 3.85. The van der Waals surface area contributed by atoms with Gasteiger partial charge in [0.05, 0.1) is 38.1 Å².